The zero-order valence-electron chi connectivity index (χ0n) is 15.1. The molecule has 0 radical (unpaired) electrons. The molecule has 2 aromatic rings. The van der Waals surface area contributed by atoms with Crippen LogP contribution in [0.1, 0.15) is 25.8 Å². The van der Waals surface area contributed by atoms with E-state index < -0.39 is 12.1 Å². The van der Waals surface area contributed by atoms with Crippen molar-refractivity contribution >= 4 is 17.7 Å². The first kappa shape index (κ1) is 19.3. The summed E-state index contributed by atoms with van der Waals surface area (Å²) in [5.74, 6) is -0.0869. The summed E-state index contributed by atoms with van der Waals surface area (Å²) in [7, 11) is 0. The molecule has 0 aromatic heterocycles. The lowest BCUT2D eigenvalue weighted by Gasteiger charge is -2.20. The third-order valence-corrected chi connectivity index (χ3v) is 3.63. The highest BCUT2D eigenvalue weighted by molar-refractivity contribution is 5.86. The van der Waals surface area contributed by atoms with Crippen LogP contribution in [-0.4, -0.2) is 18.0 Å². The Balaban J connectivity index is 1.86. The molecule has 1 atom stereocenters. The Bertz CT molecular complexity index is 690. The van der Waals surface area contributed by atoms with Gasteiger partial charge in [-0.15, -0.1) is 0 Å². The predicted molar refractivity (Wildman–Crippen MR) is 101 cm³/mol. The number of rotatable bonds is 8. The predicted octanol–water partition coefficient (Wildman–Crippen LogP) is 3.47. The third-order valence-electron chi connectivity index (χ3n) is 3.63. The normalized spacial score (nSPS) is 11.5. The lowest BCUT2D eigenvalue weighted by atomic mass is 10.0. The topological polar surface area (TPSA) is 79.5 Å². The molecule has 0 spiro atoms. The minimum atomic E-state index is -0.686. The molecule has 3 N–H and O–H groups in total. The molecular weight excluding hydrogens is 330 g/mol. The third kappa shape index (κ3) is 6.84. The molecule has 0 saturated carbocycles. The van der Waals surface area contributed by atoms with Crippen LogP contribution in [0.15, 0.2) is 60.7 Å². The van der Waals surface area contributed by atoms with Gasteiger partial charge in [0.25, 0.3) is 5.91 Å². The Morgan fingerprint density at radius 1 is 0.962 bits per heavy atom. The molecule has 0 saturated heterocycles. The summed E-state index contributed by atoms with van der Waals surface area (Å²) in [6.45, 7) is 4.13. The molecule has 2 aromatic carbocycles. The van der Waals surface area contributed by atoms with Crippen molar-refractivity contribution in [3.63, 3.8) is 0 Å². The number of para-hydroxylation sites is 1. The van der Waals surface area contributed by atoms with Crippen LogP contribution in [0.2, 0.25) is 0 Å². The Hall–Kier alpha value is -3.02. The number of benzene rings is 2. The lowest BCUT2D eigenvalue weighted by Crippen LogP contribution is -2.49. The van der Waals surface area contributed by atoms with Gasteiger partial charge < -0.3 is 10.1 Å². The summed E-state index contributed by atoms with van der Waals surface area (Å²) in [6, 6.07) is 18.0. The molecule has 6 nitrogen and oxygen atoms in total. The summed E-state index contributed by atoms with van der Waals surface area (Å²) in [5, 5.41) is 2.64. The van der Waals surface area contributed by atoms with E-state index in [9.17, 15) is 9.59 Å². The Morgan fingerprint density at radius 2 is 1.58 bits per heavy atom. The molecule has 0 bridgehead atoms. The fourth-order valence-electron chi connectivity index (χ4n) is 2.35. The molecule has 0 fully saturated rings. The molecule has 0 heterocycles. The van der Waals surface area contributed by atoms with Gasteiger partial charge in [-0.05, 0) is 30.0 Å². The minimum absolute atomic E-state index is 0.158. The molecule has 1 unspecified atom stereocenters. The number of amides is 2. The monoisotopic (exact) mass is 355 g/mol. The maximum atomic E-state index is 12.4. The average molecular weight is 355 g/mol. The summed E-state index contributed by atoms with van der Waals surface area (Å²) in [4.78, 5) is 24.5. The molecule has 26 heavy (non-hydrogen) atoms. The van der Waals surface area contributed by atoms with E-state index in [0.29, 0.717) is 6.42 Å². The molecule has 0 aliphatic heterocycles. The maximum absolute atomic E-state index is 12.4. The average Bonchev–Trinajstić information content (AvgIpc) is 2.65. The fraction of sp³-hybridized carbons (Fsp3) is 0.300. The second kappa shape index (κ2) is 10.1. The van der Waals surface area contributed by atoms with E-state index in [1.807, 2.05) is 74.5 Å². The van der Waals surface area contributed by atoms with Crippen LogP contribution in [0.25, 0.3) is 0 Å². The van der Waals surface area contributed by atoms with Gasteiger partial charge in [0.1, 0.15) is 12.6 Å². The second-order valence-corrected chi connectivity index (χ2v) is 6.37. The van der Waals surface area contributed by atoms with Gasteiger partial charge in [-0.1, -0.05) is 62.4 Å². The summed E-state index contributed by atoms with van der Waals surface area (Å²) >= 11 is 0. The minimum Gasteiger partial charge on any atom is -0.445 e. The number of carbonyl (C=O) groups excluding carboxylic acids is 2. The van der Waals surface area contributed by atoms with Gasteiger partial charge >= 0.3 is 6.09 Å². The van der Waals surface area contributed by atoms with Crippen molar-refractivity contribution in [2.24, 2.45) is 5.92 Å². The van der Waals surface area contributed by atoms with Gasteiger partial charge in [0, 0.05) is 0 Å². The van der Waals surface area contributed by atoms with Crippen molar-refractivity contribution in [1.29, 1.82) is 0 Å². The number of alkyl carbamates (subject to hydrolysis) is 1. The maximum Gasteiger partial charge on any atom is 0.408 e. The van der Waals surface area contributed by atoms with E-state index >= 15 is 0 Å². The zero-order valence-corrected chi connectivity index (χ0v) is 15.1. The van der Waals surface area contributed by atoms with Gasteiger partial charge in [-0.25, -0.2) is 4.79 Å². The van der Waals surface area contributed by atoms with Gasteiger partial charge in [0.2, 0.25) is 0 Å². The molecule has 6 heteroatoms. The van der Waals surface area contributed by atoms with E-state index in [0.717, 1.165) is 11.3 Å². The Labute approximate surface area is 153 Å². The zero-order chi connectivity index (χ0) is 18.8. The molecule has 0 aliphatic carbocycles. The van der Waals surface area contributed by atoms with Crippen molar-refractivity contribution in [2.75, 3.05) is 5.43 Å². The van der Waals surface area contributed by atoms with Crippen LogP contribution in [0, 0.1) is 5.92 Å². The van der Waals surface area contributed by atoms with Crippen LogP contribution in [-0.2, 0) is 16.1 Å². The second-order valence-electron chi connectivity index (χ2n) is 6.37. The fourth-order valence-corrected chi connectivity index (χ4v) is 2.35. The van der Waals surface area contributed by atoms with Gasteiger partial charge in [0.15, 0.2) is 0 Å². The first-order valence-electron chi connectivity index (χ1n) is 8.62. The first-order chi connectivity index (χ1) is 12.5. The Morgan fingerprint density at radius 3 is 2.19 bits per heavy atom. The van der Waals surface area contributed by atoms with Crippen LogP contribution in [0.5, 0.6) is 0 Å². The number of hydrogen-bond acceptors (Lipinski definition) is 4. The van der Waals surface area contributed by atoms with Crippen molar-refractivity contribution in [3.05, 3.63) is 66.2 Å². The first-order valence-corrected chi connectivity index (χ1v) is 8.62. The van der Waals surface area contributed by atoms with E-state index in [1.165, 1.54) is 0 Å². The van der Waals surface area contributed by atoms with E-state index in [1.54, 1.807) is 0 Å². The summed E-state index contributed by atoms with van der Waals surface area (Å²) in [5.41, 5.74) is 7.11. The summed E-state index contributed by atoms with van der Waals surface area (Å²) in [6.07, 6.45) is -0.114. The quantitative estimate of drug-likeness (QED) is 0.634. The highest BCUT2D eigenvalue weighted by atomic mass is 16.5. The van der Waals surface area contributed by atoms with Crippen molar-refractivity contribution in [3.8, 4) is 0 Å². The number of carbonyl (C=O) groups is 2. The molecular formula is C20H25N3O3. The smallest absolute Gasteiger partial charge is 0.408 e. The number of nitrogens with one attached hydrogen (secondary N) is 3. The van der Waals surface area contributed by atoms with Gasteiger partial charge in [0.05, 0.1) is 5.69 Å². The summed E-state index contributed by atoms with van der Waals surface area (Å²) < 4.78 is 5.20. The SMILES string of the molecule is CC(C)CC(NC(=O)OCc1ccccc1)C(=O)NNc1ccccc1. The largest absolute Gasteiger partial charge is 0.445 e. The lowest BCUT2D eigenvalue weighted by molar-refractivity contribution is -0.123. The van der Waals surface area contributed by atoms with Crippen molar-refractivity contribution in [2.45, 2.75) is 32.9 Å². The number of ether oxygens (including phenoxy) is 1. The number of anilines is 1. The van der Waals surface area contributed by atoms with E-state index in [4.69, 9.17) is 4.74 Å². The van der Waals surface area contributed by atoms with Crippen molar-refractivity contribution in [1.82, 2.24) is 10.7 Å². The standard InChI is InChI=1S/C20H25N3O3/c1-15(2)13-18(19(24)23-22-17-11-7-4-8-12-17)21-20(25)26-14-16-9-5-3-6-10-16/h3-12,15,18,22H,13-14H2,1-2H3,(H,21,25)(H,23,24). The van der Waals surface area contributed by atoms with Gasteiger partial charge in [-0.2, -0.15) is 0 Å². The van der Waals surface area contributed by atoms with Crippen LogP contribution >= 0.6 is 0 Å². The Kier molecular flexibility index (Phi) is 7.49. The van der Waals surface area contributed by atoms with Crippen LogP contribution in [0.4, 0.5) is 10.5 Å². The molecule has 2 amide bonds. The van der Waals surface area contributed by atoms with Crippen LogP contribution in [0.3, 0.4) is 0 Å². The highest BCUT2D eigenvalue weighted by Crippen LogP contribution is 2.08. The van der Waals surface area contributed by atoms with E-state index in [2.05, 4.69) is 16.2 Å². The molecule has 0 aliphatic rings. The number of hydrazine groups is 1. The molecule has 138 valence electrons. The molecule has 2 rings (SSSR count). The van der Waals surface area contributed by atoms with Crippen molar-refractivity contribution < 1.29 is 14.3 Å². The van der Waals surface area contributed by atoms with Crippen LogP contribution < -0.4 is 16.2 Å². The van der Waals surface area contributed by atoms with E-state index in [-0.39, 0.29) is 18.4 Å². The van der Waals surface area contributed by atoms with Gasteiger partial charge in [-0.3, -0.25) is 15.6 Å². The highest BCUT2D eigenvalue weighted by Gasteiger charge is 2.22. The number of hydrogen-bond donors (Lipinski definition) is 3.